The number of nitrogens with zero attached hydrogens (tertiary/aromatic N) is 2. The van der Waals surface area contributed by atoms with Gasteiger partial charge in [0, 0.05) is 37.7 Å². The fourth-order valence-electron chi connectivity index (χ4n) is 4.00. The zero-order valence-electron chi connectivity index (χ0n) is 15.6. The van der Waals surface area contributed by atoms with Crippen LogP contribution in [0.5, 0.6) is 5.75 Å². The zero-order valence-corrected chi connectivity index (χ0v) is 15.6. The third kappa shape index (κ3) is 4.40. The Hall–Kier alpha value is -2.57. The van der Waals surface area contributed by atoms with E-state index in [-0.39, 0.29) is 36.6 Å². The Balaban J connectivity index is 1.67. The van der Waals surface area contributed by atoms with Gasteiger partial charge in [-0.25, -0.2) is 0 Å². The second-order valence-corrected chi connectivity index (χ2v) is 7.22. The summed E-state index contributed by atoms with van der Waals surface area (Å²) < 4.78 is 5.14. The van der Waals surface area contributed by atoms with Gasteiger partial charge in [-0.2, -0.15) is 0 Å². The Morgan fingerprint density at radius 1 is 1.22 bits per heavy atom. The maximum Gasteiger partial charge on any atom is 0.303 e. The van der Waals surface area contributed by atoms with E-state index in [4.69, 9.17) is 9.84 Å². The molecule has 2 aliphatic heterocycles. The average molecular weight is 374 g/mol. The molecule has 1 aromatic carbocycles. The van der Waals surface area contributed by atoms with Crippen LogP contribution in [0.15, 0.2) is 24.3 Å². The van der Waals surface area contributed by atoms with E-state index >= 15 is 0 Å². The molecule has 0 radical (unpaired) electrons. The van der Waals surface area contributed by atoms with E-state index in [0.717, 1.165) is 24.9 Å². The second-order valence-electron chi connectivity index (χ2n) is 7.22. The van der Waals surface area contributed by atoms with Crippen LogP contribution in [-0.2, 0) is 14.4 Å². The number of hydrogen-bond donors (Lipinski definition) is 1. The van der Waals surface area contributed by atoms with Crippen molar-refractivity contribution >= 4 is 23.5 Å². The topological polar surface area (TPSA) is 87.2 Å². The molecule has 2 unspecified atom stereocenters. The highest BCUT2D eigenvalue weighted by molar-refractivity contribution is 6.00. The molecule has 27 heavy (non-hydrogen) atoms. The van der Waals surface area contributed by atoms with Gasteiger partial charge in [0.1, 0.15) is 5.75 Å². The molecule has 2 fully saturated rings. The molecule has 2 saturated heterocycles. The Morgan fingerprint density at radius 2 is 1.96 bits per heavy atom. The molecule has 0 saturated carbocycles. The summed E-state index contributed by atoms with van der Waals surface area (Å²) in [5, 5.41) is 8.95. The van der Waals surface area contributed by atoms with Gasteiger partial charge in [-0.1, -0.05) is 0 Å². The van der Waals surface area contributed by atoms with Crippen LogP contribution in [-0.4, -0.2) is 54.0 Å². The van der Waals surface area contributed by atoms with Crippen LogP contribution < -0.4 is 9.64 Å². The lowest BCUT2D eigenvalue weighted by Crippen LogP contribution is -2.47. The Bertz CT molecular complexity index is 703. The van der Waals surface area contributed by atoms with Crippen molar-refractivity contribution in [2.75, 3.05) is 25.1 Å². The minimum atomic E-state index is -0.838. The van der Waals surface area contributed by atoms with Gasteiger partial charge >= 0.3 is 5.97 Å². The summed E-state index contributed by atoms with van der Waals surface area (Å²) in [4.78, 5) is 39.9. The van der Waals surface area contributed by atoms with Crippen LogP contribution in [0.4, 0.5) is 5.69 Å². The molecule has 7 heteroatoms. The van der Waals surface area contributed by atoms with Crippen molar-refractivity contribution in [3.05, 3.63) is 24.3 Å². The van der Waals surface area contributed by atoms with Crippen LogP contribution in [0, 0.1) is 5.92 Å². The van der Waals surface area contributed by atoms with Crippen LogP contribution in [0.1, 0.15) is 38.5 Å². The number of methoxy groups -OCH3 is 1. The number of rotatable bonds is 6. The normalized spacial score (nSPS) is 22.8. The lowest BCUT2D eigenvalue weighted by Gasteiger charge is -2.37. The molecule has 0 spiro atoms. The van der Waals surface area contributed by atoms with E-state index in [1.54, 1.807) is 24.1 Å². The summed E-state index contributed by atoms with van der Waals surface area (Å²) in [6.07, 6.45) is 3.52. The number of carboxylic acids is 1. The van der Waals surface area contributed by atoms with Crippen molar-refractivity contribution in [1.82, 2.24) is 4.90 Å². The fraction of sp³-hybridized carbons (Fsp3) is 0.550. The van der Waals surface area contributed by atoms with E-state index in [0.29, 0.717) is 25.3 Å². The number of aliphatic carboxylic acids is 1. The SMILES string of the molecule is COc1ccc(N2CC(C(=O)N3CCCCC3CCC(=O)O)CC2=O)cc1. The minimum absolute atomic E-state index is 0.0190. The molecule has 2 heterocycles. The van der Waals surface area contributed by atoms with E-state index in [1.807, 2.05) is 17.0 Å². The van der Waals surface area contributed by atoms with Crippen LogP contribution in [0.25, 0.3) is 0 Å². The Kier molecular flexibility index (Phi) is 5.98. The molecule has 1 aromatic rings. The lowest BCUT2D eigenvalue weighted by molar-refractivity contribution is -0.142. The summed E-state index contributed by atoms with van der Waals surface area (Å²) in [6, 6.07) is 7.20. The van der Waals surface area contributed by atoms with E-state index in [1.165, 1.54) is 0 Å². The molecule has 1 N–H and O–H groups in total. The quantitative estimate of drug-likeness (QED) is 0.826. The van der Waals surface area contributed by atoms with Crippen molar-refractivity contribution in [1.29, 1.82) is 0 Å². The third-order valence-electron chi connectivity index (χ3n) is 5.46. The van der Waals surface area contributed by atoms with E-state index < -0.39 is 5.97 Å². The lowest BCUT2D eigenvalue weighted by atomic mass is 9.95. The van der Waals surface area contributed by atoms with Crippen molar-refractivity contribution in [3.8, 4) is 5.75 Å². The van der Waals surface area contributed by atoms with Gasteiger partial charge in [-0.3, -0.25) is 14.4 Å². The molecule has 0 aromatic heterocycles. The number of carbonyl (C=O) groups is 3. The maximum atomic E-state index is 13.1. The highest BCUT2D eigenvalue weighted by atomic mass is 16.5. The Morgan fingerprint density at radius 3 is 2.63 bits per heavy atom. The first-order chi connectivity index (χ1) is 13.0. The molecule has 0 bridgehead atoms. The minimum Gasteiger partial charge on any atom is -0.497 e. The first-order valence-electron chi connectivity index (χ1n) is 9.46. The molecule has 0 aliphatic carbocycles. The van der Waals surface area contributed by atoms with Gasteiger partial charge < -0.3 is 19.6 Å². The van der Waals surface area contributed by atoms with Crippen molar-refractivity contribution < 1.29 is 24.2 Å². The number of benzene rings is 1. The predicted molar refractivity (Wildman–Crippen MR) is 99.7 cm³/mol. The van der Waals surface area contributed by atoms with Gasteiger partial charge in [0.2, 0.25) is 11.8 Å². The number of anilines is 1. The molecule has 2 amide bonds. The molecule has 3 rings (SSSR count). The summed E-state index contributed by atoms with van der Waals surface area (Å²) in [7, 11) is 1.59. The molecular formula is C20H26N2O5. The summed E-state index contributed by atoms with van der Waals surface area (Å²) >= 11 is 0. The maximum absolute atomic E-state index is 13.1. The number of carboxylic acid groups (broad SMARTS) is 1. The van der Waals surface area contributed by atoms with Crippen LogP contribution in [0.2, 0.25) is 0 Å². The third-order valence-corrected chi connectivity index (χ3v) is 5.46. The number of carbonyl (C=O) groups excluding carboxylic acids is 2. The Labute approximate surface area is 158 Å². The predicted octanol–water partition coefficient (Wildman–Crippen LogP) is 2.29. The van der Waals surface area contributed by atoms with Gasteiger partial charge in [0.25, 0.3) is 0 Å². The van der Waals surface area contributed by atoms with Gasteiger partial charge in [0.15, 0.2) is 0 Å². The first kappa shape index (κ1) is 19.2. The summed E-state index contributed by atoms with van der Waals surface area (Å²) in [5.74, 6) is -0.570. The number of amides is 2. The summed E-state index contributed by atoms with van der Waals surface area (Å²) in [5.41, 5.74) is 0.761. The smallest absolute Gasteiger partial charge is 0.303 e. The second kappa shape index (κ2) is 8.41. The van der Waals surface area contributed by atoms with Gasteiger partial charge in [0.05, 0.1) is 13.0 Å². The van der Waals surface area contributed by atoms with Crippen LogP contribution in [0.3, 0.4) is 0 Å². The highest BCUT2D eigenvalue weighted by Crippen LogP contribution is 2.30. The van der Waals surface area contributed by atoms with Crippen LogP contribution >= 0.6 is 0 Å². The van der Waals surface area contributed by atoms with Gasteiger partial charge in [-0.15, -0.1) is 0 Å². The van der Waals surface area contributed by atoms with E-state index in [9.17, 15) is 14.4 Å². The van der Waals surface area contributed by atoms with Gasteiger partial charge in [-0.05, 0) is 49.9 Å². The zero-order chi connectivity index (χ0) is 19.4. The van der Waals surface area contributed by atoms with Crippen molar-refractivity contribution in [2.24, 2.45) is 5.92 Å². The van der Waals surface area contributed by atoms with Crippen molar-refractivity contribution in [2.45, 2.75) is 44.6 Å². The molecule has 7 nitrogen and oxygen atoms in total. The molecular weight excluding hydrogens is 348 g/mol. The highest BCUT2D eigenvalue weighted by Gasteiger charge is 2.39. The molecule has 2 aliphatic rings. The molecule has 2 atom stereocenters. The summed E-state index contributed by atoms with van der Waals surface area (Å²) in [6.45, 7) is 1.02. The van der Waals surface area contributed by atoms with E-state index in [2.05, 4.69) is 0 Å². The number of hydrogen-bond acceptors (Lipinski definition) is 4. The van der Waals surface area contributed by atoms with Crippen molar-refractivity contribution in [3.63, 3.8) is 0 Å². The standard InChI is InChI=1S/C20H26N2O5/c1-27-17-8-5-16(6-9-17)22-13-14(12-18(22)23)20(26)21-11-3-2-4-15(21)7-10-19(24)25/h5-6,8-9,14-15H,2-4,7,10-13H2,1H3,(H,24,25). The first-order valence-corrected chi connectivity index (χ1v) is 9.46. The monoisotopic (exact) mass is 374 g/mol. The fourth-order valence-corrected chi connectivity index (χ4v) is 4.00. The number of piperidine rings is 1. The average Bonchev–Trinajstić information content (AvgIpc) is 3.07. The molecule has 146 valence electrons. The number of likely N-dealkylation sites (tertiary alicyclic amines) is 1. The number of ether oxygens (including phenoxy) is 1. The largest absolute Gasteiger partial charge is 0.497 e.